The Bertz CT molecular complexity index is 936. The van der Waals surface area contributed by atoms with Crippen molar-refractivity contribution in [3.63, 3.8) is 0 Å². The fourth-order valence-electron chi connectivity index (χ4n) is 2.54. The first kappa shape index (κ1) is 11.8. The fraction of sp³-hybridized carbons (Fsp3) is 0.0625. The Kier molecular flexibility index (Phi) is 2.57. The Hall–Kier alpha value is -2.95. The summed E-state index contributed by atoms with van der Waals surface area (Å²) in [5.74, 6) is 0.799. The van der Waals surface area contributed by atoms with E-state index in [4.69, 9.17) is 0 Å². The van der Waals surface area contributed by atoms with Crippen LogP contribution in [0.4, 0.5) is 11.5 Å². The van der Waals surface area contributed by atoms with Crippen LogP contribution in [-0.4, -0.2) is 19.9 Å². The topological polar surface area (TPSA) is 66.5 Å². The number of pyridine rings is 3. The van der Waals surface area contributed by atoms with Crippen molar-refractivity contribution in [2.75, 3.05) is 5.32 Å². The largest absolute Gasteiger partial charge is 0.342 e. The van der Waals surface area contributed by atoms with Crippen LogP contribution in [0.5, 0.6) is 0 Å². The molecule has 0 saturated carbocycles. The number of hydrogen-bond donors (Lipinski definition) is 2. The molecule has 0 aliphatic heterocycles. The molecule has 5 heteroatoms. The summed E-state index contributed by atoms with van der Waals surface area (Å²) < 4.78 is 0. The maximum absolute atomic E-state index is 4.44. The van der Waals surface area contributed by atoms with Gasteiger partial charge in [0.05, 0.1) is 5.69 Å². The first-order chi connectivity index (χ1) is 10.3. The van der Waals surface area contributed by atoms with E-state index < -0.39 is 0 Å². The third-order valence-electron chi connectivity index (χ3n) is 3.57. The van der Waals surface area contributed by atoms with Crippen LogP contribution in [0.25, 0.3) is 21.8 Å². The molecule has 0 amide bonds. The van der Waals surface area contributed by atoms with Crippen LogP contribution >= 0.6 is 0 Å². The number of H-pyrrole nitrogens is 1. The third kappa shape index (κ3) is 1.90. The molecule has 0 fully saturated rings. The van der Waals surface area contributed by atoms with Crippen LogP contribution < -0.4 is 5.32 Å². The van der Waals surface area contributed by atoms with Gasteiger partial charge in [-0.25, -0.2) is 9.97 Å². The first-order valence-corrected chi connectivity index (χ1v) is 6.72. The Balaban J connectivity index is 1.89. The van der Waals surface area contributed by atoms with Gasteiger partial charge in [0.15, 0.2) is 0 Å². The second-order valence-electron chi connectivity index (χ2n) is 4.91. The van der Waals surface area contributed by atoms with E-state index in [1.54, 1.807) is 18.6 Å². The highest BCUT2D eigenvalue weighted by Gasteiger charge is 2.11. The lowest BCUT2D eigenvalue weighted by molar-refractivity contribution is 1.24. The van der Waals surface area contributed by atoms with Crippen LogP contribution in [0.2, 0.25) is 0 Å². The summed E-state index contributed by atoms with van der Waals surface area (Å²) in [5.41, 5.74) is 2.91. The summed E-state index contributed by atoms with van der Waals surface area (Å²) in [5, 5.41) is 6.58. The van der Waals surface area contributed by atoms with Crippen molar-refractivity contribution in [1.82, 2.24) is 19.9 Å². The maximum Gasteiger partial charge on any atom is 0.139 e. The van der Waals surface area contributed by atoms with E-state index in [0.29, 0.717) is 0 Å². The van der Waals surface area contributed by atoms with Crippen LogP contribution in [0.3, 0.4) is 0 Å². The molecule has 0 aromatic carbocycles. The zero-order valence-corrected chi connectivity index (χ0v) is 11.5. The smallest absolute Gasteiger partial charge is 0.139 e. The molecule has 4 aromatic rings. The van der Waals surface area contributed by atoms with E-state index in [1.807, 2.05) is 37.4 Å². The zero-order valence-electron chi connectivity index (χ0n) is 11.5. The van der Waals surface area contributed by atoms with Crippen molar-refractivity contribution in [3.05, 3.63) is 54.7 Å². The summed E-state index contributed by atoms with van der Waals surface area (Å²) in [6.07, 6.45) is 7.19. The van der Waals surface area contributed by atoms with Crippen molar-refractivity contribution in [3.8, 4) is 0 Å². The number of fused-ring (bicyclic) bond motifs is 2. The number of aromatic amines is 1. The second kappa shape index (κ2) is 4.56. The van der Waals surface area contributed by atoms with Gasteiger partial charge in [0.2, 0.25) is 0 Å². The minimum Gasteiger partial charge on any atom is -0.342 e. The number of rotatable bonds is 2. The summed E-state index contributed by atoms with van der Waals surface area (Å²) in [7, 11) is 0. The molecule has 0 radical (unpaired) electrons. The molecule has 0 unspecified atom stereocenters. The second-order valence-corrected chi connectivity index (χ2v) is 4.91. The van der Waals surface area contributed by atoms with E-state index in [0.717, 1.165) is 39.0 Å². The molecule has 21 heavy (non-hydrogen) atoms. The van der Waals surface area contributed by atoms with E-state index >= 15 is 0 Å². The number of anilines is 2. The van der Waals surface area contributed by atoms with Gasteiger partial charge in [-0.1, -0.05) is 0 Å². The summed E-state index contributed by atoms with van der Waals surface area (Å²) >= 11 is 0. The van der Waals surface area contributed by atoms with Crippen molar-refractivity contribution >= 4 is 33.3 Å². The van der Waals surface area contributed by atoms with Gasteiger partial charge in [-0.15, -0.1) is 0 Å². The van der Waals surface area contributed by atoms with Crippen molar-refractivity contribution < 1.29 is 0 Å². The van der Waals surface area contributed by atoms with E-state index in [9.17, 15) is 0 Å². The van der Waals surface area contributed by atoms with Crippen molar-refractivity contribution in [1.29, 1.82) is 0 Å². The van der Waals surface area contributed by atoms with Gasteiger partial charge in [-0.05, 0) is 36.6 Å². The highest BCUT2D eigenvalue weighted by atomic mass is 15.0. The Morgan fingerprint density at radius 3 is 2.86 bits per heavy atom. The normalized spacial score (nSPS) is 11.1. The van der Waals surface area contributed by atoms with Gasteiger partial charge < -0.3 is 10.3 Å². The SMILES string of the molecule is Cc1[nH]c2ncccc2c1Nc1nccc2ccncc12. The van der Waals surface area contributed by atoms with E-state index in [-0.39, 0.29) is 0 Å². The monoisotopic (exact) mass is 275 g/mol. The van der Waals surface area contributed by atoms with Gasteiger partial charge in [-0.2, -0.15) is 0 Å². The molecule has 2 N–H and O–H groups in total. The van der Waals surface area contributed by atoms with Gasteiger partial charge in [0.1, 0.15) is 11.5 Å². The third-order valence-corrected chi connectivity index (χ3v) is 3.57. The number of aromatic nitrogens is 4. The van der Waals surface area contributed by atoms with Gasteiger partial charge in [-0.3, -0.25) is 4.98 Å². The molecule has 0 saturated heterocycles. The van der Waals surface area contributed by atoms with Crippen LogP contribution in [0.1, 0.15) is 5.69 Å². The molecule has 0 aliphatic rings. The molecular weight excluding hydrogens is 262 g/mol. The van der Waals surface area contributed by atoms with Gasteiger partial charge >= 0.3 is 0 Å². The standard InChI is InChI=1S/C16H13N5/c1-10-14(12-3-2-6-18-15(12)20-10)21-16-13-9-17-7-4-11(13)5-8-19-16/h2-9H,1H3,(H,18,20)(H,19,21). The average Bonchev–Trinajstić information content (AvgIpc) is 2.84. The van der Waals surface area contributed by atoms with Gasteiger partial charge in [0, 0.05) is 41.3 Å². The molecule has 5 nitrogen and oxygen atoms in total. The number of hydrogen-bond acceptors (Lipinski definition) is 4. The summed E-state index contributed by atoms with van der Waals surface area (Å²) in [6.45, 7) is 2.02. The molecule has 102 valence electrons. The van der Waals surface area contributed by atoms with E-state index in [2.05, 4.69) is 25.3 Å². The zero-order chi connectivity index (χ0) is 14.2. The van der Waals surface area contributed by atoms with Crippen LogP contribution in [-0.2, 0) is 0 Å². The lowest BCUT2D eigenvalue weighted by Crippen LogP contribution is -1.95. The average molecular weight is 275 g/mol. The predicted octanol–water partition coefficient (Wildman–Crippen LogP) is 3.56. The Morgan fingerprint density at radius 1 is 1.00 bits per heavy atom. The maximum atomic E-state index is 4.44. The quantitative estimate of drug-likeness (QED) is 0.587. The predicted molar refractivity (Wildman–Crippen MR) is 83.7 cm³/mol. The first-order valence-electron chi connectivity index (χ1n) is 6.72. The summed E-state index contributed by atoms with van der Waals surface area (Å²) in [4.78, 5) is 16.2. The fourth-order valence-corrected chi connectivity index (χ4v) is 2.54. The molecule has 0 atom stereocenters. The van der Waals surface area contributed by atoms with Crippen molar-refractivity contribution in [2.24, 2.45) is 0 Å². The highest BCUT2D eigenvalue weighted by molar-refractivity contribution is 5.98. The lowest BCUT2D eigenvalue weighted by atomic mass is 10.2. The number of nitrogens with zero attached hydrogens (tertiary/aromatic N) is 3. The molecule has 4 heterocycles. The molecule has 0 bridgehead atoms. The molecule has 4 aromatic heterocycles. The number of aryl methyl sites for hydroxylation is 1. The molecular formula is C16H13N5. The molecule has 0 aliphatic carbocycles. The Labute approximate surface area is 121 Å². The van der Waals surface area contributed by atoms with Crippen LogP contribution in [0, 0.1) is 6.92 Å². The van der Waals surface area contributed by atoms with Gasteiger partial charge in [0.25, 0.3) is 0 Å². The van der Waals surface area contributed by atoms with Crippen LogP contribution in [0.15, 0.2) is 49.1 Å². The van der Waals surface area contributed by atoms with E-state index in [1.165, 1.54) is 0 Å². The summed E-state index contributed by atoms with van der Waals surface area (Å²) in [6, 6.07) is 7.92. The Morgan fingerprint density at radius 2 is 1.90 bits per heavy atom. The number of nitrogens with one attached hydrogen (secondary N) is 2. The highest BCUT2D eigenvalue weighted by Crippen LogP contribution is 2.30. The van der Waals surface area contributed by atoms with Crippen molar-refractivity contribution in [2.45, 2.75) is 6.92 Å². The minimum atomic E-state index is 0.799. The molecule has 0 spiro atoms. The minimum absolute atomic E-state index is 0.799. The lowest BCUT2D eigenvalue weighted by Gasteiger charge is -2.08. The molecule has 4 rings (SSSR count).